The van der Waals surface area contributed by atoms with Gasteiger partial charge in [0.1, 0.15) is 0 Å². The number of para-hydroxylation sites is 2. The van der Waals surface area contributed by atoms with Gasteiger partial charge in [0, 0.05) is 46.9 Å². The van der Waals surface area contributed by atoms with Gasteiger partial charge in [-0.15, -0.1) is 0 Å². The first-order chi connectivity index (χ1) is 19.1. The first-order valence-electron chi connectivity index (χ1n) is 14.4. The standard InChI is InChI=1S/C32H41N5O4/c1-30(2)17-24-28(26(38)18-30)29(20-11-13-22(14-12-20)37(40)41)36(25-10-8-7-9-23(25)34-24)19-27(39)33-21-15-31(3,4)35-32(5,6)16-21/h7-14,21,29,34-35H,15-19H2,1-6H3,(H,33,39). The van der Waals surface area contributed by atoms with Gasteiger partial charge in [-0.25, -0.2) is 0 Å². The number of allylic oxidation sites excluding steroid dienone is 1. The fraction of sp³-hybridized carbons (Fsp3) is 0.500. The van der Waals surface area contributed by atoms with Gasteiger partial charge in [0.15, 0.2) is 5.78 Å². The number of rotatable bonds is 5. The Balaban J connectivity index is 1.57. The molecule has 0 aromatic heterocycles. The van der Waals surface area contributed by atoms with Gasteiger partial charge in [-0.05, 0) is 82.2 Å². The summed E-state index contributed by atoms with van der Waals surface area (Å²) in [6.45, 7) is 12.8. The van der Waals surface area contributed by atoms with Crippen LogP contribution in [0.5, 0.6) is 0 Å². The Kier molecular flexibility index (Phi) is 7.22. The van der Waals surface area contributed by atoms with E-state index in [0.29, 0.717) is 18.4 Å². The number of hydrogen-bond acceptors (Lipinski definition) is 7. The molecule has 41 heavy (non-hydrogen) atoms. The highest BCUT2D eigenvalue weighted by atomic mass is 16.6. The Morgan fingerprint density at radius 1 is 1.00 bits per heavy atom. The van der Waals surface area contributed by atoms with Gasteiger partial charge in [-0.3, -0.25) is 19.7 Å². The topological polar surface area (TPSA) is 117 Å². The van der Waals surface area contributed by atoms with Crippen LogP contribution in [0.1, 0.15) is 78.8 Å². The number of carbonyl (C=O) groups is 2. The van der Waals surface area contributed by atoms with Gasteiger partial charge in [0.2, 0.25) is 5.91 Å². The number of non-ortho nitro benzene ring substituents is 1. The summed E-state index contributed by atoms with van der Waals surface area (Å²) in [5.41, 5.74) is 3.32. The Hall–Kier alpha value is -3.72. The van der Waals surface area contributed by atoms with E-state index in [1.165, 1.54) is 12.1 Å². The Morgan fingerprint density at radius 2 is 1.63 bits per heavy atom. The zero-order valence-corrected chi connectivity index (χ0v) is 24.8. The average molecular weight is 560 g/mol. The van der Waals surface area contributed by atoms with Crippen molar-refractivity contribution in [3.63, 3.8) is 0 Å². The second-order valence-corrected chi connectivity index (χ2v) is 13.9. The molecule has 0 spiro atoms. The second-order valence-electron chi connectivity index (χ2n) is 13.9. The van der Waals surface area contributed by atoms with Gasteiger partial charge in [0.25, 0.3) is 5.69 Å². The molecule has 0 radical (unpaired) electrons. The molecule has 1 aliphatic carbocycles. The molecule has 9 nitrogen and oxygen atoms in total. The van der Waals surface area contributed by atoms with Crippen molar-refractivity contribution in [3.05, 3.63) is 75.5 Å². The predicted molar refractivity (Wildman–Crippen MR) is 161 cm³/mol. The summed E-state index contributed by atoms with van der Waals surface area (Å²) >= 11 is 0. The van der Waals surface area contributed by atoms with Crippen molar-refractivity contribution in [2.45, 2.75) is 90.4 Å². The van der Waals surface area contributed by atoms with E-state index in [2.05, 4.69) is 57.5 Å². The first-order valence-corrected chi connectivity index (χ1v) is 14.4. The third-order valence-corrected chi connectivity index (χ3v) is 8.29. The highest BCUT2D eigenvalue weighted by molar-refractivity contribution is 6.02. The highest BCUT2D eigenvalue weighted by Crippen LogP contribution is 2.48. The number of piperidine rings is 1. The lowest BCUT2D eigenvalue weighted by Crippen LogP contribution is -2.62. The molecule has 2 heterocycles. The smallest absolute Gasteiger partial charge is 0.269 e. The van der Waals surface area contributed by atoms with E-state index >= 15 is 0 Å². The number of carbonyl (C=O) groups excluding carboxylic acids is 2. The summed E-state index contributed by atoms with van der Waals surface area (Å²) in [6.07, 6.45) is 2.65. The van der Waals surface area contributed by atoms with Crippen LogP contribution in [0, 0.1) is 15.5 Å². The number of ketones is 1. The van der Waals surface area contributed by atoms with Crippen LogP contribution in [0.3, 0.4) is 0 Å². The van der Waals surface area contributed by atoms with E-state index in [9.17, 15) is 19.7 Å². The van der Waals surface area contributed by atoms with Crippen LogP contribution in [-0.2, 0) is 9.59 Å². The number of hydrogen-bond donors (Lipinski definition) is 3. The molecule has 1 atom stereocenters. The molecule has 1 amide bonds. The third-order valence-electron chi connectivity index (χ3n) is 8.29. The van der Waals surface area contributed by atoms with Crippen molar-refractivity contribution in [1.29, 1.82) is 0 Å². The van der Waals surface area contributed by atoms with Crippen molar-refractivity contribution >= 4 is 28.8 Å². The number of nitrogens with zero attached hydrogens (tertiary/aromatic N) is 2. The van der Waals surface area contributed by atoms with Crippen LogP contribution in [-0.4, -0.2) is 40.3 Å². The molecular formula is C32H41N5O4. The van der Waals surface area contributed by atoms with Crippen LogP contribution in [0.25, 0.3) is 0 Å². The van der Waals surface area contributed by atoms with E-state index in [1.807, 2.05) is 29.2 Å². The molecule has 5 rings (SSSR count). The molecule has 9 heteroatoms. The number of nitro groups is 1. The maximum absolute atomic E-state index is 13.9. The van der Waals surface area contributed by atoms with Crippen LogP contribution in [0.15, 0.2) is 59.8 Å². The molecule has 0 bridgehead atoms. The summed E-state index contributed by atoms with van der Waals surface area (Å²) < 4.78 is 0. The summed E-state index contributed by atoms with van der Waals surface area (Å²) in [6, 6.07) is 13.5. The number of benzene rings is 2. The monoisotopic (exact) mass is 559 g/mol. The Labute approximate surface area is 241 Å². The summed E-state index contributed by atoms with van der Waals surface area (Å²) in [7, 11) is 0. The lowest BCUT2D eigenvalue weighted by atomic mass is 9.73. The Bertz CT molecular complexity index is 1390. The first kappa shape index (κ1) is 28.8. The number of nitrogens with one attached hydrogen (secondary N) is 3. The molecule has 1 saturated heterocycles. The highest BCUT2D eigenvalue weighted by Gasteiger charge is 2.43. The van der Waals surface area contributed by atoms with Gasteiger partial charge in [-0.1, -0.05) is 26.0 Å². The molecule has 1 fully saturated rings. The Morgan fingerprint density at radius 3 is 2.27 bits per heavy atom. The predicted octanol–water partition coefficient (Wildman–Crippen LogP) is 5.64. The molecule has 2 aliphatic heterocycles. The molecular weight excluding hydrogens is 518 g/mol. The quantitative estimate of drug-likeness (QED) is 0.321. The normalized spacial score (nSPS) is 23.1. The molecule has 0 saturated carbocycles. The summed E-state index contributed by atoms with van der Waals surface area (Å²) in [4.78, 5) is 40.6. The van der Waals surface area contributed by atoms with Crippen LogP contribution in [0.4, 0.5) is 17.1 Å². The zero-order valence-electron chi connectivity index (χ0n) is 24.8. The summed E-state index contributed by atoms with van der Waals surface area (Å²) in [5, 5.41) is 21.9. The van der Waals surface area contributed by atoms with Crippen molar-refractivity contribution in [3.8, 4) is 0 Å². The van der Waals surface area contributed by atoms with Crippen LogP contribution in [0.2, 0.25) is 0 Å². The van der Waals surface area contributed by atoms with Crippen LogP contribution < -0.4 is 20.9 Å². The van der Waals surface area contributed by atoms with E-state index in [0.717, 1.165) is 35.5 Å². The minimum absolute atomic E-state index is 0.00110. The maximum Gasteiger partial charge on any atom is 0.269 e. The average Bonchev–Trinajstić information content (AvgIpc) is 2.95. The van der Waals surface area contributed by atoms with E-state index < -0.39 is 11.0 Å². The zero-order chi connectivity index (χ0) is 29.7. The molecule has 2 aromatic carbocycles. The van der Waals surface area contributed by atoms with Crippen molar-refractivity contribution in [2.24, 2.45) is 5.41 Å². The van der Waals surface area contributed by atoms with Crippen LogP contribution >= 0.6 is 0 Å². The lowest BCUT2D eigenvalue weighted by molar-refractivity contribution is -0.384. The molecule has 3 aliphatic rings. The van der Waals surface area contributed by atoms with Gasteiger partial charge >= 0.3 is 0 Å². The molecule has 1 unspecified atom stereocenters. The van der Waals surface area contributed by atoms with E-state index in [-0.39, 0.29) is 46.5 Å². The van der Waals surface area contributed by atoms with E-state index in [4.69, 9.17) is 0 Å². The molecule has 2 aromatic rings. The largest absolute Gasteiger partial charge is 0.357 e. The fourth-order valence-electron chi connectivity index (χ4n) is 7.20. The SMILES string of the molecule is CC1(C)CC(=O)C2=C(C1)Nc1ccccc1N(CC(=O)NC1CC(C)(C)NC(C)(C)C1)C2c1ccc([N+](=O)[O-])cc1. The minimum Gasteiger partial charge on any atom is -0.357 e. The number of anilines is 2. The second kappa shape index (κ2) is 10.3. The van der Waals surface area contributed by atoms with Crippen molar-refractivity contribution in [1.82, 2.24) is 10.6 Å². The van der Waals surface area contributed by atoms with Gasteiger partial charge in [0.05, 0.1) is 28.9 Å². The molecule has 218 valence electrons. The van der Waals surface area contributed by atoms with Gasteiger partial charge < -0.3 is 20.9 Å². The molecule has 3 N–H and O–H groups in total. The minimum atomic E-state index is -0.586. The number of Topliss-reactive ketones (excluding diaryl/α,β-unsaturated/α-hetero) is 1. The van der Waals surface area contributed by atoms with E-state index in [1.54, 1.807) is 12.1 Å². The van der Waals surface area contributed by atoms with Crippen molar-refractivity contribution < 1.29 is 14.5 Å². The summed E-state index contributed by atoms with van der Waals surface area (Å²) in [5.74, 6) is -0.106. The lowest BCUT2D eigenvalue weighted by Gasteiger charge is -2.46. The number of nitro benzene ring substituents is 1. The number of fused-ring (bicyclic) bond motifs is 1. The van der Waals surface area contributed by atoms with Gasteiger partial charge in [-0.2, -0.15) is 0 Å². The maximum atomic E-state index is 13.9. The third kappa shape index (κ3) is 6.15. The fourth-order valence-corrected chi connectivity index (χ4v) is 7.20. The van der Waals surface area contributed by atoms with Crippen molar-refractivity contribution in [2.75, 3.05) is 16.8 Å². The number of amides is 1.